The first-order valence-corrected chi connectivity index (χ1v) is 15.5. The van der Waals surface area contributed by atoms with Gasteiger partial charge in [-0.1, -0.05) is 37.3 Å². The monoisotopic (exact) mass is 581 g/mol. The number of nitrogens with one attached hydrogen (secondary N) is 1. The molecule has 1 N–H and O–H groups in total. The number of carbonyl (C=O) groups excluding carboxylic acids is 2. The largest absolute Gasteiger partial charge is 0.493 e. The van der Waals surface area contributed by atoms with Crippen molar-refractivity contribution in [2.45, 2.75) is 59.5 Å². The topological polar surface area (TPSA) is 80.3 Å². The average Bonchev–Trinajstić information content (AvgIpc) is 3.45. The van der Waals surface area contributed by atoms with E-state index in [1.54, 1.807) is 32.4 Å². The molecule has 0 unspecified atom stereocenters. The van der Waals surface area contributed by atoms with Gasteiger partial charge in [0, 0.05) is 57.3 Å². The van der Waals surface area contributed by atoms with Gasteiger partial charge in [-0.15, -0.1) is 0 Å². The zero-order chi connectivity index (χ0) is 30.5. The molecule has 1 saturated heterocycles. The number of benzene rings is 2. The summed E-state index contributed by atoms with van der Waals surface area (Å²) in [7, 11) is 3.26. The minimum atomic E-state index is -0.0383. The lowest BCUT2D eigenvalue weighted by Crippen LogP contribution is -2.43. The van der Waals surface area contributed by atoms with Crippen LogP contribution in [0.4, 0.5) is 0 Å². The quantitative estimate of drug-likeness (QED) is 0.257. The first-order chi connectivity index (χ1) is 20.3. The molecule has 0 bridgehead atoms. The highest BCUT2D eigenvalue weighted by Crippen LogP contribution is 2.31. The molecule has 0 aliphatic carbocycles. The minimum absolute atomic E-state index is 0.0248. The van der Waals surface area contributed by atoms with Crippen molar-refractivity contribution in [3.8, 4) is 11.5 Å². The summed E-state index contributed by atoms with van der Waals surface area (Å²) in [6, 6.07) is 15.6. The molecule has 1 aliphatic rings. The number of hydrogen-bond acceptors (Lipinski definition) is 6. The van der Waals surface area contributed by atoms with Crippen molar-refractivity contribution >= 4 is 11.8 Å². The Balaban J connectivity index is 1.69. The second-order valence-corrected chi connectivity index (χ2v) is 11.5. The molecule has 8 heteroatoms. The van der Waals surface area contributed by atoms with Crippen molar-refractivity contribution < 1.29 is 23.8 Å². The van der Waals surface area contributed by atoms with Crippen LogP contribution in [0.15, 0.2) is 48.5 Å². The lowest BCUT2D eigenvalue weighted by atomic mass is 9.84. The zero-order valence-electron chi connectivity index (χ0n) is 26.4. The maximum absolute atomic E-state index is 13.8. The van der Waals surface area contributed by atoms with Crippen LogP contribution in [0.2, 0.25) is 0 Å². The van der Waals surface area contributed by atoms with Gasteiger partial charge in [0.2, 0.25) is 5.91 Å². The van der Waals surface area contributed by atoms with Crippen LogP contribution < -0.4 is 14.8 Å². The van der Waals surface area contributed by atoms with Gasteiger partial charge in [-0.05, 0) is 82.3 Å². The van der Waals surface area contributed by atoms with E-state index in [-0.39, 0.29) is 29.7 Å². The summed E-state index contributed by atoms with van der Waals surface area (Å²) in [5.74, 6) is 1.91. The Hall–Kier alpha value is -3.10. The lowest BCUT2D eigenvalue weighted by Gasteiger charge is -2.33. The molecule has 3 atom stereocenters. The molecule has 1 heterocycles. The van der Waals surface area contributed by atoms with E-state index in [4.69, 9.17) is 14.2 Å². The predicted molar refractivity (Wildman–Crippen MR) is 167 cm³/mol. The molecule has 2 aromatic rings. The van der Waals surface area contributed by atoms with Crippen molar-refractivity contribution in [3.63, 3.8) is 0 Å². The van der Waals surface area contributed by atoms with Gasteiger partial charge < -0.3 is 29.3 Å². The van der Waals surface area contributed by atoms with E-state index < -0.39 is 0 Å². The van der Waals surface area contributed by atoms with Crippen molar-refractivity contribution in [1.82, 2.24) is 15.1 Å². The van der Waals surface area contributed by atoms with Crippen LogP contribution >= 0.6 is 0 Å². The van der Waals surface area contributed by atoms with E-state index in [1.165, 1.54) is 0 Å². The molecule has 0 saturated carbocycles. The molecule has 2 aromatic carbocycles. The predicted octanol–water partition coefficient (Wildman–Crippen LogP) is 5.26. The first-order valence-electron chi connectivity index (χ1n) is 15.5. The van der Waals surface area contributed by atoms with Crippen LogP contribution in [0, 0.1) is 17.8 Å². The molecule has 232 valence electrons. The summed E-state index contributed by atoms with van der Waals surface area (Å²) in [6.45, 7) is 13.0. The highest BCUT2D eigenvalue weighted by atomic mass is 16.5. The molecule has 3 rings (SSSR count). The van der Waals surface area contributed by atoms with Crippen LogP contribution in [0.1, 0.15) is 62.9 Å². The normalized spacial score (nSPS) is 17.2. The van der Waals surface area contributed by atoms with E-state index in [1.807, 2.05) is 28.0 Å². The Morgan fingerprint density at radius 2 is 1.71 bits per heavy atom. The fourth-order valence-electron chi connectivity index (χ4n) is 5.75. The number of ether oxygens (including phenoxy) is 3. The molecular formula is C34H51N3O5. The highest BCUT2D eigenvalue weighted by molar-refractivity contribution is 5.95. The zero-order valence-corrected chi connectivity index (χ0v) is 26.4. The molecule has 1 fully saturated rings. The van der Waals surface area contributed by atoms with Gasteiger partial charge in [-0.3, -0.25) is 9.59 Å². The Labute approximate surface area is 252 Å². The van der Waals surface area contributed by atoms with Gasteiger partial charge >= 0.3 is 0 Å². The maximum Gasteiger partial charge on any atom is 0.254 e. The molecule has 8 nitrogen and oxygen atoms in total. The third-order valence-corrected chi connectivity index (χ3v) is 8.30. The fourth-order valence-corrected chi connectivity index (χ4v) is 5.75. The van der Waals surface area contributed by atoms with Crippen molar-refractivity contribution in [1.29, 1.82) is 0 Å². The van der Waals surface area contributed by atoms with Crippen molar-refractivity contribution in [2.24, 2.45) is 17.8 Å². The summed E-state index contributed by atoms with van der Waals surface area (Å²) >= 11 is 0. The SMILES string of the molecule is CC[C@H](C[C@@H]1CNC[C@H]1CN(C(=O)c1ccc(OC)c(OCCCOC)c1)C(C)C)C(=O)N(CC)Cc1ccccc1. The van der Waals surface area contributed by atoms with E-state index in [2.05, 4.69) is 45.1 Å². The summed E-state index contributed by atoms with van der Waals surface area (Å²) in [4.78, 5) is 31.4. The van der Waals surface area contributed by atoms with E-state index >= 15 is 0 Å². The van der Waals surface area contributed by atoms with Crippen molar-refractivity contribution in [3.05, 3.63) is 59.7 Å². The number of hydrogen-bond donors (Lipinski definition) is 1. The molecule has 0 aromatic heterocycles. The van der Waals surface area contributed by atoms with Gasteiger partial charge in [0.15, 0.2) is 11.5 Å². The van der Waals surface area contributed by atoms with E-state index in [0.29, 0.717) is 55.8 Å². The van der Waals surface area contributed by atoms with Gasteiger partial charge in [0.25, 0.3) is 5.91 Å². The number of methoxy groups -OCH3 is 2. The smallest absolute Gasteiger partial charge is 0.254 e. The first kappa shape index (κ1) is 33.4. The maximum atomic E-state index is 13.8. The summed E-state index contributed by atoms with van der Waals surface area (Å²) in [5.41, 5.74) is 1.73. The Morgan fingerprint density at radius 1 is 0.976 bits per heavy atom. The molecular weight excluding hydrogens is 530 g/mol. The summed E-state index contributed by atoms with van der Waals surface area (Å²) < 4.78 is 16.5. The summed E-state index contributed by atoms with van der Waals surface area (Å²) in [6.07, 6.45) is 2.37. The number of carbonyl (C=O) groups is 2. The van der Waals surface area contributed by atoms with Crippen LogP contribution in [0.3, 0.4) is 0 Å². The van der Waals surface area contributed by atoms with Gasteiger partial charge in [0.05, 0.1) is 13.7 Å². The van der Waals surface area contributed by atoms with Crippen LogP contribution in [-0.2, 0) is 16.1 Å². The van der Waals surface area contributed by atoms with Crippen molar-refractivity contribution in [2.75, 3.05) is 53.6 Å². The highest BCUT2D eigenvalue weighted by Gasteiger charge is 2.35. The van der Waals surface area contributed by atoms with Crippen LogP contribution in [0.25, 0.3) is 0 Å². The number of nitrogens with zero attached hydrogens (tertiary/aromatic N) is 2. The molecule has 0 radical (unpaired) electrons. The molecule has 42 heavy (non-hydrogen) atoms. The van der Waals surface area contributed by atoms with Crippen LogP contribution in [0.5, 0.6) is 11.5 Å². The van der Waals surface area contributed by atoms with Gasteiger partial charge in [-0.25, -0.2) is 0 Å². The fraction of sp³-hybridized carbons (Fsp3) is 0.588. The summed E-state index contributed by atoms with van der Waals surface area (Å²) in [5, 5.41) is 3.54. The standard InChI is InChI=1S/C34H51N3O5/c1-7-27(33(38)36(8-2)23-26-13-10-9-11-14-26)19-29-21-35-22-30(29)24-37(25(3)4)34(39)28-15-16-31(41-6)32(20-28)42-18-12-17-40-5/h9-11,13-16,20,25,27,29-30,35H,7-8,12,17-19,21-24H2,1-6H3/t27-,29-,30+/m1/s1. The minimum Gasteiger partial charge on any atom is -0.493 e. The number of rotatable bonds is 17. The second-order valence-electron chi connectivity index (χ2n) is 11.5. The second kappa shape index (κ2) is 17.1. The van der Waals surface area contributed by atoms with E-state index in [9.17, 15) is 9.59 Å². The van der Waals surface area contributed by atoms with Crippen LogP contribution in [-0.4, -0.2) is 81.3 Å². The third kappa shape index (κ3) is 9.20. The molecule has 0 spiro atoms. The number of amides is 2. The Morgan fingerprint density at radius 3 is 2.36 bits per heavy atom. The van der Waals surface area contributed by atoms with E-state index in [0.717, 1.165) is 37.9 Å². The Bertz CT molecular complexity index is 1110. The molecule has 2 amide bonds. The lowest BCUT2D eigenvalue weighted by molar-refractivity contribution is -0.136. The van der Waals surface area contributed by atoms with Gasteiger partial charge in [-0.2, -0.15) is 0 Å². The van der Waals surface area contributed by atoms with Gasteiger partial charge in [0.1, 0.15) is 0 Å². The average molecular weight is 582 g/mol. The Kier molecular flexibility index (Phi) is 13.6. The molecule has 1 aliphatic heterocycles. The third-order valence-electron chi connectivity index (χ3n) is 8.30.